The minimum absolute atomic E-state index is 0.142. The highest BCUT2D eigenvalue weighted by atomic mass is 16.6. The fourth-order valence-electron chi connectivity index (χ4n) is 6.08. The number of nitrogens with zero attached hydrogens (tertiary/aromatic N) is 1. The van der Waals surface area contributed by atoms with Crippen LogP contribution >= 0.6 is 0 Å². The van der Waals surface area contributed by atoms with Gasteiger partial charge in [-0.2, -0.15) is 0 Å². The SMILES string of the molecule is CCN(CC)c1ccc2c(c1)Oc1ccc(C(C)c3ccccc3C(=O)OC)cc1C21OC(=O)c2ccccc21. The molecular formula is C34H31NO5. The molecule has 0 saturated heterocycles. The zero-order valence-electron chi connectivity index (χ0n) is 23.1. The second kappa shape index (κ2) is 9.87. The Balaban J connectivity index is 1.55. The van der Waals surface area contributed by atoms with Crippen LogP contribution in [-0.2, 0) is 15.1 Å². The first-order valence-electron chi connectivity index (χ1n) is 13.6. The lowest BCUT2D eigenvalue weighted by atomic mass is 9.76. The summed E-state index contributed by atoms with van der Waals surface area (Å²) >= 11 is 0. The van der Waals surface area contributed by atoms with Crippen molar-refractivity contribution in [1.82, 2.24) is 0 Å². The number of anilines is 1. The first kappa shape index (κ1) is 25.7. The predicted molar refractivity (Wildman–Crippen MR) is 154 cm³/mol. The van der Waals surface area contributed by atoms with Crippen LogP contribution in [0.5, 0.6) is 11.5 Å². The number of carbonyl (C=O) groups is 2. The predicted octanol–water partition coefficient (Wildman–Crippen LogP) is 7.04. The lowest BCUT2D eigenvalue weighted by Gasteiger charge is -2.37. The number of rotatable bonds is 6. The number of fused-ring (bicyclic) bond motifs is 6. The molecule has 1 spiro atoms. The van der Waals surface area contributed by atoms with E-state index in [1.54, 1.807) is 6.07 Å². The largest absolute Gasteiger partial charge is 0.465 e. The molecule has 0 aliphatic carbocycles. The second-order valence-corrected chi connectivity index (χ2v) is 10.1. The molecule has 0 saturated carbocycles. The summed E-state index contributed by atoms with van der Waals surface area (Å²) in [5.41, 5.74) is 5.11. The monoisotopic (exact) mass is 533 g/mol. The van der Waals surface area contributed by atoms with Crippen molar-refractivity contribution in [2.45, 2.75) is 32.3 Å². The van der Waals surface area contributed by atoms with E-state index in [1.807, 2.05) is 72.8 Å². The van der Waals surface area contributed by atoms with E-state index >= 15 is 0 Å². The third kappa shape index (κ3) is 3.78. The molecule has 0 fully saturated rings. The van der Waals surface area contributed by atoms with Gasteiger partial charge in [0.15, 0.2) is 5.60 Å². The van der Waals surface area contributed by atoms with E-state index in [9.17, 15) is 9.59 Å². The molecule has 2 aliphatic rings. The van der Waals surface area contributed by atoms with E-state index in [2.05, 4.69) is 31.7 Å². The van der Waals surface area contributed by atoms with Gasteiger partial charge in [0.25, 0.3) is 0 Å². The summed E-state index contributed by atoms with van der Waals surface area (Å²) in [6, 6.07) is 27.1. The van der Waals surface area contributed by atoms with E-state index in [0.29, 0.717) is 22.6 Å². The molecule has 0 aromatic heterocycles. The maximum atomic E-state index is 13.3. The highest BCUT2D eigenvalue weighted by molar-refractivity contribution is 5.97. The molecule has 0 N–H and O–H groups in total. The van der Waals surface area contributed by atoms with Crippen molar-refractivity contribution in [3.05, 3.63) is 124 Å². The number of benzene rings is 4. The second-order valence-electron chi connectivity index (χ2n) is 10.1. The third-order valence-electron chi connectivity index (χ3n) is 8.18. The molecule has 6 rings (SSSR count). The first-order chi connectivity index (χ1) is 19.4. The van der Waals surface area contributed by atoms with Gasteiger partial charge in [-0.15, -0.1) is 0 Å². The molecule has 0 radical (unpaired) electrons. The van der Waals surface area contributed by atoms with Crippen LogP contribution < -0.4 is 9.64 Å². The van der Waals surface area contributed by atoms with Gasteiger partial charge in [-0.05, 0) is 61.4 Å². The summed E-state index contributed by atoms with van der Waals surface area (Å²) in [6.07, 6.45) is 0. The van der Waals surface area contributed by atoms with Crippen LogP contribution in [0.2, 0.25) is 0 Å². The molecule has 2 heterocycles. The molecule has 202 valence electrons. The van der Waals surface area contributed by atoms with E-state index < -0.39 is 5.60 Å². The van der Waals surface area contributed by atoms with Crippen molar-refractivity contribution in [2.24, 2.45) is 0 Å². The molecule has 40 heavy (non-hydrogen) atoms. The minimum Gasteiger partial charge on any atom is -0.465 e. The molecular weight excluding hydrogens is 502 g/mol. The maximum Gasteiger partial charge on any atom is 0.340 e. The highest BCUT2D eigenvalue weighted by Crippen LogP contribution is 2.57. The zero-order chi connectivity index (χ0) is 28.0. The molecule has 2 unspecified atom stereocenters. The van der Waals surface area contributed by atoms with E-state index in [1.165, 1.54) is 7.11 Å². The molecule has 0 bridgehead atoms. The summed E-state index contributed by atoms with van der Waals surface area (Å²) in [4.78, 5) is 28.1. The Morgan fingerprint density at radius 2 is 1.62 bits per heavy atom. The summed E-state index contributed by atoms with van der Waals surface area (Å²) in [5.74, 6) is 0.411. The molecule has 4 aromatic carbocycles. The molecule has 2 atom stereocenters. The number of carbonyl (C=O) groups excluding carboxylic acids is 2. The number of ether oxygens (including phenoxy) is 3. The topological polar surface area (TPSA) is 65.1 Å². The van der Waals surface area contributed by atoms with Crippen molar-refractivity contribution in [1.29, 1.82) is 0 Å². The molecule has 4 aromatic rings. The number of methoxy groups -OCH3 is 1. The summed E-state index contributed by atoms with van der Waals surface area (Å²) in [7, 11) is 1.39. The minimum atomic E-state index is -1.16. The van der Waals surface area contributed by atoms with Gasteiger partial charge in [0.2, 0.25) is 0 Å². The summed E-state index contributed by atoms with van der Waals surface area (Å²) in [5, 5.41) is 0. The van der Waals surface area contributed by atoms with Gasteiger partial charge in [-0.25, -0.2) is 9.59 Å². The lowest BCUT2D eigenvalue weighted by Crippen LogP contribution is -2.33. The fraction of sp³-hybridized carbons (Fsp3) is 0.235. The van der Waals surface area contributed by atoms with Crippen LogP contribution in [0.1, 0.15) is 75.2 Å². The van der Waals surface area contributed by atoms with Crippen molar-refractivity contribution >= 4 is 17.6 Å². The smallest absolute Gasteiger partial charge is 0.340 e. The molecule has 6 nitrogen and oxygen atoms in total. The van der Waals surface area contributed by atoms with Gasteiger partial charge in [-0.3, -0.25) is 0 Å². The van der Waals surface area contributed by atoms with Gasteiger partial charge < -0.3 is 19.1 Å². The Bertz CT molecular complexity index is 1640. The van der Waals surface area contributed by atoms with Crippen LogP contribution in [0.4, 0.5) is 5.69 Å². The zero-order valence-corrected chi connectivity index (χ0v) is 23.1. The molecule has 0 amide bonds. The molecule has 2 aliphatic heterocycles. The van der Waals surface area contributed by atoms with Gasteiger partial charge >= 0.3 is 11.9 Å². The maximum absolute atomic E-state index is 13.3. The van der Waals surface area contributed by atoms with E-state index in [-0.39, 0.29) is 17.9 Å². The quantitative estimate of drug-likeness (QED) is 0.248. The van der Waals surface area contributed by atoms with Crippen LogP contribution in [0.25, 0.3) is 0 Å². The molecule has 6 heteroatoms. The Morgan fingerprint density at radius 3 is 2.40 bits per heavy atom. The van der Waals surface area contributed by atoms with Crippen molar-refractivity contribution in [2.75, 3.05) is 25.1 Å². The van der Waals surface area contributed by atoms with Crippen LogP contribution in [0.15, 0.2) is 84.9 Å². The number of hydrogen-bond acceptors (Lipinski definition) is 6. The van der Waals surface area contributed by atoms with Gasteiger partial charge in [0, 0.05) is 47.5 Å². The van der Waals surface area contributed by atoms with Crippen LogP contribution in [-0.4, -0.2) is 32.1 Å². The Labute approximate surface area is 234 Å². The third-order valence-corrected chi connectivity index (χ3v) is 8.18. The lowest BCUT2D eigenvalue weighted by molar-refractivity contribution is 0.0224. The average Bonchev–Trinajstić information content (AvgIpc) is 3.29. The first-order valence-corrected chi connectivity index (χ1v) is 13.6. The van der Waals surface area contributed by atoms with Crippen molar-refractivity contribution < 1.29 is 23.8 Å². The van der Waals surface area contributed by atoms with Crippen LogP contribution in [0.3, 0.4) is 0 Å². The van der Waals surface area contributed by atoms with Crippen LogP contribution in [0, 0.1) is 0 Å². The van der Waals surface area contributed by atoms with Gasteiger partial charge in [0.05, 0.1) is 18.2 Å². The number of hydrogen-bond donors (Lipinski definition) is 0. The Hall–Kier alpha value is -4.58. The van der Waals surface area contributed by atoms with Crippen molar-refractivity contribution in [3.8, 4) is 11.5 Å². The highest BCUT2D eigenvalue weighted by Gasteiger charge is 2.53. The fourth-order valence-corrected chi connectivity index (χ4v) is 6.08. The Kier molecular flexibility index (Phi) is 6.34. The van der Waals surface area contributed by atoms with Gasteiger partial charge in [-0.1, -0.05) is 49.4 Å². The normalized spacial score (nSPS) is 17.2. The van der Waals surface area contributed by atoms with E-state index in [4.69, 9.17) is 14.2 Å². The van der Waals surface area contributed by atoms with Gasteiger partial charge in [0.1, 0.15) is 11.5 Å². The number of esters is 2. The average molecular weight is 534 g/mol. The summed E-state index contributed by atoms with van der Waals surface area (Å²) < 4.78 is 17.9. The standard InChI is InChI=1S/C34H31NO5/c1-5-35(6-2)23-16-17-28-31(20-23)39-30-18-15-22(21(3)24-11-7-8-12-25(24)32(36)38-4)19-29(30)34(28)27-14-10-9-13-26(27)33(37)40-34/h7-21H,5-6H2,1-4H3. The van der Waals surface area contributed by atoms with Crippen molar-refractivity contribution in [3.63, 3.8) is 0 Å². The Morgan fingerprint density at radius 1 is 0.875 bits per heavy atom. The van der Waals surface area contributed by atoms with E-state index in [0.717, 1.165) is 46.6 Å². The summed E-state index contributed by atoms with van der Waals surface area (Å²) in [6.45, 7) is 8.03.